The number of likely N-dealkylation sites (tertiary alicyclic amines) is 1. The zero-order valence-electron chi connectivity index (χ0n) is 20.3. The second-order valence-electron chi connectivity index (χ2n) is 9.54. The number of fused-ring (bicyclic) bond motifs is 1. The Morgan fingerprint density at radius 1 is 1.00 bits per heavy atom. The summed E-state index contributed by atoms with van der Waals surface area (Å²) in [5.41, 5.74) is 3.59. The molecule has 2 atom stereocenters. The van der Waals surface area contributed by atoms with Crippen LogP contribution in [0.1, 0.15) is 48.3 Å². The van der Waals surface area contributed by atoms with Gasteiger partial charge in [0.15, 0.2) is 0 Å². The van der Waals surface area contributed by atoms with Crippen molar-refractivity contribution >= 4 is 0 Å². The molecule has 0 bridgehead atoms. The molecule has 0 aromatic heterocycles. The predicted molar refractivity (Wildman–Crippen MR) is 139 cm³/mol. The molecule has 2 aliphatic rings. The SMILES string of the molecule is CC#CCCC1CN(CCOc2ccc([C@@H]3c4ccc(O)cc4OCC3c3ccccc3)cc2)C1. The van der Waals surface area contributed by atoms with E-state index >= 15 is 0 Å². The molecule has 2 heterocycles. The van der Waals surface area contributed by atoms with Crippen LogP contribution in [0.4, 0.5) is 0 Å². The molecule has 4 heteroatoms. The Morgan fingerprint density at radius 3 is 2.57 bits per heavy atom. The minimum atomic E-state index is 0.145. The average Bonchev–Trinajstić information content (AvgIpc) is 2.87. The van der Waals surface area contributed by atoms with Crippen molar-refractivity contribution in [2.75, 3.05) is 32.8 Å². The molecule has 1 fully saturated rings. The zero-order chi connectivity index (χ0) is 24.0. The fraction of sp³-hybridized carbons (Fsp3) is 0.355. The summed E-state index contributed by atoms with van der Waals surface area (Å²) in [6, 6.07) is 24.5. The first kappa shape index (κ1) is 23.3. The fourth-order valence-corrected chi connectivity index (χ4v) is 5.31. The largest absolute Gasteiger partial charge is 0.508 e. The quantitative estimate of drug-likeness (QED) is 0.424. The van der Waals surface area contributed by atoms with Gasteiger partial charge in [-0.1, -0.05) is 48.5 Å². The van der Waals surface area contributed by atoms with Gasteiger partial charge in [-0.25, -0.2) is 0 Å². The predicted octanol–water partition coefficient (Wildman–Crippen LogP) is 5.81. The first-order valence-electron chi connectivity index (χ1n) is 12.6. The van der Waals surface area contributed by atoms with Gasteiger partial charge in [0, 0.05) is 49.5 Å². The smallest absolute Gasteiger partial charge is 0.126 e. The number of nitrogens with zero attached hydrogens (tertiary/aromatic N) is 1. The Kier molecular flexibility index (Phi) is 7.25. The summed E-state index contributed by atoms with van der Waals surface area (Å²) in [5.74, 6) is 9.16. The molecule has 1 unspecified atom stereocenters. The molecular weight excluding hydrogens is 434 g/mol. The molecule has 180 valence electrons. The third-order valence-corrected chi connectivity index (χ3v) is 7.18. The van der Waals surface area contributed by atoms with Gasteiger partial charge >= 0.3 is 0 Å². The molecule has 1 saturated heterocycles. The summed E-state index contributed by atoms with van der Waals surface area (Å²) in [5, 5.41) is 9.97. The van der Waals surface area contributed by atoms with Crippen molar-refractivity contribution in [1.29, 1.82) is 0 Å². The lowest BCUT2D eigenvalue weighted by molar-refractivity contribution is 0.0786. The van der Waals surface area contributed by atoms with Gasteiger partial charge in [0.05, 0.1) is 6.61 Å². The molecule has 2 aliphatic heterocycles. The van der Waals surface area contributed by atoms with Crippen LogP contribution in [0.5, 0.6) is 17.2 Å². The number of aromatic hydroxyl groups is 1. The summed E-state index contributed by atoms with van der Waals surface area (Å²) < 4.78 is 12.1. The summed E-state index contributed by atoms with van der Waals surface area (Å²) >= 11 is 0. The number of ether oxygens (including phenoxy) is 2. The number of hydrogen-bond acceptors (Lipinski definition) is 4. The molecule has 0 radical (unpaired) electrons. The first-order valence-corrected chi connectivity index (χ1v) is 12.6. The average molecular weight is 468 g/mol. The Balaban J connectivity index is 1.23. The summed E-state index contributed by atoms with van der Waals surface area (Å²) in [6.45, 7) is 6.47. The number of phenolic OH excluding ortho intramolecular Hbond substituents is 1. The first-order chi connectivity index (χ1) is 17.2. The third kappa shape index (κ3) is 5.47. The molecule has 3 aromatic rings. The van der Waals surface area contributed by atoms with E-state index in [1.807, 2.05) is 19.1 Å². The van der Waals surface area contributed by atoms with E-state index in [0.29, 0.717) is 13.2 Å². The van der Waals surface area contributed by atoms with Gasteiger partial charge in [0.2, 0.25) is 0 Å². The van der Waals surface area contributed by atoms with Gasteiger partial charge in [0.1, 0.15) is 23.9 Å². The maximum absolute atomic E-state index is 9.97. The van der Waals surface area contributed by atoms with Gasteiger partial charge < -0.3 is 14.6 Å². The third-order valence-electron chi connectivity index (χ3n) is 7.18. The van der Waals surface area contributed by atoms with Crippen LogP contribution >= 0.6 is 0 Å². The van der Waals surface area contributed by atoms with E-state index in [0.717, 1.165) is 49.0 Å². The van der Waals surface area contributed by atoms with Crippen LogP contribution in [0.2, 0.25) is 0 Å². The van der Waals surface area contributed by atoms with E-state index in [-0.39, 0.29) is 17.6 Å². The summed E-state index contributed by atoms with van der Waals surface area (Å²) in [6.07, 6.45) is 2.22. The standard InChI is InChI=1S/C31H33NO3/c1-2-3-5-8-23-20-32(21-23)17-18-34-27-14-11-25(12-15-27)31-28-16-13-26(33)19-30(28)35-22-29(31)24-9-6-4-7-10-24/h4,6-7,9-16,19,23,29,31,33H,5,8,17-18,20-22H2,1H3/t29?,31-/m1/s1. The molecule has 0 saturated carbocycles. The number of benzene rings is 3. The topological polar surface area (TPSA) is 41.9 Å². The van der Waals surface area contributed by atoms with Crippen molar-refractivity contribution in [2.45, 2.75) is 31.6 Å². The monoisotopic (exact) mass is 467 g/mol. The molecule has 5 rings (SSSR count). The highest BCUT2D eigenvalue weighted by Crippen LogP contribution is 2.47. The van der Waals surface area contributed by atoms with Crippen molar-refractivity contribution in [1.82, 2.24) is 4.90 Å². The van der Waals surface area contributed by atoms with Crippen LogP contribution in [-0.4, -0.2) is 42.9 Å². The second-order valence-corrected chi connectivity index (χ2v) is 9.54. The summed E-state index contributed by atoms with van der Waals surface area (Å²) in [4.78, 5) is 2.46. The second kappa shape index (κ2) is 10.9. The highest BCUT2D eigenvalue weighted by Gasteiger charge is 2.33. The van der Waals surface area contributed by atoms with Crippen molar-refractivity contribution < 1.29 is 14.6 Å². The van der Waals surface area contributed by atoms with Crippen LogP contribution in [0.15, 0.2) is 72.8 Å². The van der Waals surface area contributed by atoms with Crippen molar-refractivity contribution in [2.24, 2.45) is 5.92 Å². The fourth-order valence-electron chi connectivity index (χ4n) is 5.31. The zero-order valence-corrected chi connectivity index (χ0v) is 20.3. The van der Waals surface area contributed by atoms with Gasteiger partial charge in [-0.3, -0.25) is 4.90 Å². The van der Waals surface area contributed by atoms with E-state index in [4.69, 9.17) is 9.47 Å². The maximum Gasteiger partial charge on any atom is 0.126 e. The molecule has 1 N–H and O–H groups in total. The number of hydrogen-bond donors (Lipinski definition) is 1. The summed E-state index contributed by atoms with van der Waals surface area (Å²) in [7, 11) is 0. The Bertz CT molecular complexity index is 1170. The lowest BCUT2D eigenvalue weighted by Gasteiger charge is -2.39. The van der Waals surface area contributed by atoms with E-state index in [2.05, 4.69) is 65.3 Å². The number of phenols is 1. The van der Waals surface area contributed by atoms with Gasteiger partial charge in [-0.2, -0.15) is 0 Å². The minimum absolute atomic E-state index is 0.145. The van der Waals surface area contributed by atoms with E-state index in [1.54, 1.807) is 12.1 Å². The van der Waals surface area contributed by atoms with E-state index < -0.39 is 0 Å². The number of rotatable bonds is 8. The lowest BCUT2D eigenvalue weighted by atomic mass is 9.76. The highest BCUT2D eigenvalue weighted by atomic mass is 16.5. The van der Waals surface area contributed by atoms with Crippen molar-refractivity contribution in [3.8, 4) is 29.1 Å². The van der Waals surface area contributed by atoms with E-state index in [9.17, 15) is 5.11 Å². The van der Waals surface area contributed by atoms with Crippen LogP contribution < -0.4 is 9.47 Å². The molecule has 0 aliphatic carbocycles. The van der Waals surface area contributed by atoms with Crippen LogP contribution in [0.25, 0.3) is 0 Å². The Morgan fingerprint density at radius 2 is 1.80 bits per heavy atom. The van der Waals surface area contributed by atoms with Gasteiger partial charge in [-0.15, -0.1) is 11.8 Å². The van der Waals surface area contributed by atoms with Gasteiger partial charge in [-0.05, 0) is 48.6 Å². The van der Waals surface area contributed by atoms with Crippen LogP contribution in [0, 0.1) is 17.8 Å². The highest BCUT2D eigenvalue weighted by molar-refractivity contribution is 5.50. The van der Waals surface area contributed by atoms with Crippen LogP contribution in [0.3, 0.4) is 0 Å². The Labute approximate surface area is 208 Å². The van der Waals surface area contributed by atoms with Crippen molar-refractivity contribution in [3.63, 3.8) is 0 Å². The van der Waals surface area contributed by atoms with Crippen molar-refractivity contribution in [3.05, 3.63) is 89.5 Å². The molecule has 4 nitrogen and oxygen atoms in total. The molecule has 0 amide bonds. The molecule has 35 heavy (non-hydrogen) atoms. The van der Waals surface area contributed by atoms with Crippen LogP contribution in [-0.2, 0) is 0 Å². The lowest BCUT2D eigenvalue weighted by Crippen LogP contribution is -2.48. The maximum atomic E-state index is 9.97. The normalized spacial score (nSPS) is 19.6. The Hall–Kier alpha value is -3.42. The molecule has 0 spiro atoms. The van der Waals surface area contributed by atoms with Gasteiger partial charge in [0.25, 0.3) is 0 Å². The molecule has 3 aromatic carbocycles. The minimum Gasteiger partial charge on any atom is -0.508 e. The van der Waals surface area contributed by atoms with E-state index in [1.165, 1.54) is 17.5 Å². The molecular formula is C31H33NO3.